The van der Waals surface area contributed by atoms with Crippen molar-refractivity contribution in [3.8, 4) is 0 Å². The SMILES string of the molecule is COC1=C(C)CC=CC1(Cc1ccc(Br)cc1)C(=O)O[C@@H]1C[C@H](C)CC[C@H]1C(C)(C)c1ccccc1. The summed E-state index contributed by atoms with van der Waals surface area (Å²) < 4.78 is 13.5. The summed E-state index contributed by atoms with van der Waals surface area (Å²) in [7, 11) is 1.67. The number of esters is 1. The molecule has 0 bridgehead atoms. The number of ether oxygens (including phenoxy) is 2. The largest absolute Gasteiger partial charge is 0.500 e. The highest BCUT2D eigenvalue weighted by molar-refractivity contribution is 9.10. The van der Waals surface area contributed by atoms with Gasteiger partial charge in [-0.25, -0.2) is 0 Å². The Labute approximate surface area is 225 Å². The Hall–Kier alpha value is -2.33. The highest BCUT2D eigenvalue weighted by atomic mass is 79.9. The highest BCUT2D eigenvalue weighted by Gasteiger charge is 2.49. The number of methoxy groups -OCH3 is 1. The van der Waals surface area contributed by atoms with Crippen LogP contribution in [0.5, 0.6) is 0 Å². The van der Waals surface area contributed by atoms with E-state index in [1.165, 1.54) is 5.56 Å². The molecule has 2 aliphatic carbocycles. The van der Waals surface area contributed by atoms with E-state index in [-0.39, 0.29) is 23.4 Å². The summed E-state index contributed by atoms with van der Waals surface area (Å²) in [5, 5.41) is 0. The molecule has 4 heteroatoms. The van der Waals surface area contributed by atoms with E-state index < -0.39 is 5.41 Å². The van der Waals surface area contributed by atoms with E-state index in [9.17, 15) is 4.79 Å². The molecular formula is C32H39BrO3. The van der Waals surface area contributed by atoms with Gasteiger partial charge in [-0.2, -0.15) is 0 Å². The van der Waals surface area contributed by atoms with Gasteiger partial charge in [0.1, 0.15) is 17.3 Å². The van der Waals surface area contributed by atoms with Gasteiger partial charge >= 0.3 is 5.97 Å². The summed E-state index contributed by atoms with van der Waals surface area (Å²) in [5.74, 6) is 1.29. The first-order chi connectivity index (χ1) is 17.2. The number of carbonyl (C=O) groups excluding carboxylic acids is 1. The maximum absolute atomic E-state index is 14.3. The van der Waals surface area contributed by atoms with Crippen LogP contribution >= 0.6 is 15.9 Å². The summed E-state index contributed by atoms with van der Waals surface area (Å²) in [4.78, 5) is 14.3. The zero-order chi connectivity index (χ0) is 25.9. The van der Waals surface area contributed by atoms with E-state index >= 15 is 0 Å². The average Bonchev–Trinajstić information content (AvgIpc) is 2.86. The van der Waals surface area contributed by atoms with E-state index in [1.807, 2.05) is 18.2 Å². The summed E-state index contributed by atoms with van der Waals surface area (Å²) in [6.07, 6.45) is 8.33. The average molecular weight is 552 g/mol. The lowest BCUT2D eigenvalue weighted by Gasteiger charge is -2.45. The van der Waals surface area contributed by atoms with Crippen LogP contribution < -0.4 is 0 Å². The van der Waals surface area contributed by atoms with Crippen molar-refractivity contribution in [3.05, 3.63) is 93.7 Å². The molecule has 1 unspecified atom stereocenters. The quantitative estimate of drug-likeness (QED) is 0.257. The molecule has 2 aromatic rings. The molecule has 36 heavy (non-hydrogen) atoms. The van der Waals surface area contributed by atoms with E-state index in [0.717, 1.165) is 47.1 Å². The Morgan fingerprint density at radius 3 is 2.44 bits per heavy atom. The van der Waals surface area contributed by atoms with Crippen LogP contribution in [-0.4, -0.2) is 19.2 Å². The van der Waals surface area contributed by atoms with Crippen molar-refractivity contribution in [2.45, 2.75) is 71.3 Å². The fourth-order valence-electron chi connectivity index (χ4n) is 6.25. The number of allylic oxidation sites excluding steroid dienone is 2. The van der Waals surface area contributed by atoms with Crippen molar-refractivity contribution < 1.29 is 14.3 Å². The zero-order valence-electron chi connectivity index (χ0n) is 22.2. The molecular weight excluding hydrogens is 512 g/mol. The minimum atomic E-state index is -0.965. The Bertz CT molecular complexity index is 1120. The van der Waals surface area contributed by atoms with Crippen LogP contribution in [0.25, 0.3) is 0 Å². The van der Waals surface area contributed by atoms with Crippen molar-refractivity contribution in [3.63, 3.8) is 0 Å². The first-order valence-electron chi connectivity index (χ1n) is 13.1. The molecule has 1 saturated carbocycles. The van der Waals surface area contributed by atoms with Crippen LogP contribution in [0.3, 0.4) is 0 Å². The van der Waals surface area contributed by atoms with Gasteiger partial charge in [-0.3, -0.25) is 4.79 Å². The third-order valence-electron chi connectivity index (χ3n) is 8.34. The van der Waals surface area contributed by atoms with Gasteiger partial charge < -0.3 is 9.47 Å². The second kappa shape index (κ2) is 11.0. The Morgan fingerprint density at radius 1 is 1.08 bits per heavy atom. The van der Waals surface area contributed by atoms with Gasteiger partial charge in [-0.05, 0) is 72.8 Å². The maximum Gasteiger partial charge on any atom is 0.324 e. The first-order valence-corrected chi connectivity index (χ1v) is 13.9. The zero-order valence-corrected chi connectivity index (χ0v) is 23.8. The molecule has 0 amide bonds. The van der Waals surface area contributed by atoms with Crippen molar-refractivity contribution in [2.75, 3.05) is 7.11 Å². The van der Waals surface area contributed by atoms with Gasteiger partial charge in [0.2, 0.25) is 0 Å². The van der Waals surface area contributed by atoms with Crippen molar-refractivity contribution in [2.24, 2.45) is 17.3 Å². The van der Waals surface area contributed by atoms with Crippen molar-refractivity contribution in [1.82, 2.24) is 0 Å². The lowest BCUT2D eigenvalue weighted by Crippen LogP contribution is -2.47. The van der Waals surface area contributed by atoms with Crippen LogP contribution in [0.2, 0.25) is 0 Å². The molecule has 1 fully saturated rings. The van der Waals surface area contributed by atoms with Crippen molar-refractivity contribution in [1.29, 1.82) is 0 Å². The van der Waals surface area contributed by atoms with Gasteiger partial charge in [0, 0.05) is 10.4 Å². The Balaban J connectivity index is 1.69. The van der Waals surface area contributed by atoms with Gasteiger partial charge in [-0.1, -0.05) is 97.7 Å². The Morgan fingerprint density at radius 2 is 1.78 bits per heavy atom. The topological polar surface area (TPSA) is 35.5 Å². The number of rotatable bonds is 7. The monoisotopic (exact) mass is 550 g/mol. The van der Waals surface area contributed by atoms with Gasteiger partial charge in [0.05, 0.1) is 7.11 Å². The lowest BCUT2D eigenvalue weighted by molar-refractivity contribution is -0.166. The minimum absolute atomic E-state index is 0.108. The summed E-state index contributed by atoms with van der Waals surface area (Å²) in [5.41, 5.74) is 2.37. The molecule has 2 aromatic carbocycles. The molecule has 2 aliphatic rings. The predicted octanol–water partition coefficient (Wildman–Crippen LogP) is 8.18. The molecule has 0 saturated heterocycles. The highest BCUT2D eigenvalue weighted by Crippen LogP contribution is 2.46. The molecule has 4 rings (SSSR count). The summed E-state index contributed by atoms with van der Waals surface area (Å²) in [6, 6.07) is 18.8. The maximum atomic E-state index is 14.3. The first kappa shape index (κ1) is 26.7. The molecule has 0 spiro atoms. The van der Waals surface area contributed by atoms with Crippen LogP contribution in [0.15, 0.2) is 82.6 Å². The van der Waals surface area contributed by atoms with E-state index in [4.69, 9.17) is 9.47 Å². The minimum Gasteiger partial charge on any atom is -0.500 e. The van der Waals surface area contributed by atoms with E-state index in [1.54, 1.807) is 7.11 Å². The summed E-state index contributed by atoms with van der Waals surface area (Å²) >= 11 is 3.52. The predicted molar refractivity (Wildman–Crippen MR) is 150 cm³/mol. The van der Waals surface area contributed by atoms with Crippen LogP contribution in [-0.2, 0) is 26.1 Å². The van der Waals surface area contributed by atoms with E-state index in [2.05, 4.69) is 92.2 Å². The third kappa shape index (κ3) is 5.34. The van der Waals surface area contributed by atoms with Crippen molar-refractivity contribution >= 4 is 21.9 Å². The second-order valence-corrected chi connectivity index (χ2v) is 12.2. The van der Waals surface area contributed by atoms with Gasteiger partial charge in [-0.15, -0.1) is 0 Å². The third-order valence-corrected chi connectivity index (χ3v) is 8.87. The molecule has 4 atom stereocenters. The number of halogens is 1. The molecule has 0 aliphatic heterocycles. The van der Waals surface area contributed by atoms with E-state index in [0.29, 0.717) is 12.3 Å². The standard InChI is InChI=1S/C32H39BrO3/c1-22-13-18-27(31(3,4)25-11-7-6-8-12-25)28(20-22)36-30(34)32(19-9-10-23(2)29(32)35-5)21-24-14-16-26(33)17-15-24/h6-9,11-12,14-17,19,22,27-28H,10,13,18,20-21H2,1-5H3/t22-,27-,28-,32?/m1/s1. The Kier molecular flexibility index (Phi) is 8.14. The molecule has 0 aromatic heterocycles. The molecule has 0 heterocycles. The van der Waals surface area contributed by atoms with Gasteiger partial charge in [0.25, 0.3) is 0 Å². The van der Waals surface area contributed by atoms with Crippen LogP contribution in [0, 0.1) is 17.3 Å². The normalized spacial score (nSPS) is 26.6. The molecule has 0 N–H and O–H groups in total. The number of hydrogen-bond acceptors (Lipinski definition) is 3. The van der Waals surface area contributed by atoms with Gasteiger partial charge in [0.15, 0.2) is 0 Å². The van der Waals surface area contributed by atoms with Crippen LogP contribution in [0.1, 0.15) is 64.5 Å². The number of carbonyl (C=O) groups is 1. The smallest absolute Gasteiger partial charge is 0.324 e. The fourth-order valence-corrected chi connectivity index (χ4v) is 6.51. The number of hydrogen-bond donors (Lipinski definition) is 0. The molecule has 3 nitrogen and oxygen atoms in total. The number of benzene rings is 2. The molecule has 0 radical (unpaired) electrons. The summed E-state index contributed by atoms with van der Waals surface area (Å²) in [6.45, 7) is 8.92. The molecule has 192 valence electrons. The fraction of sp³-hybridized carbons (Fsp3) is 0.469. The second-order valence-electron chi connectivity index (χ2n) is 11.3. The lowest BCUT2D eigenvalue weighted by atomic mass is 9.64. The van der Waals surface area contributed by atoms with Crippen LogP contribution in [0.4, 0.5) is 0 Å².